The number of ether oxygens (including phenoxy) is 2. The highest BCUT2D eigenvalue weighted by atomic mass is 32.1. The molecule has 1 aliphatic rings. The van der Waals surface area contributed by atoms with Gasteiger partial charge in [-0.05, 0) is 28.5 Å². The Labute approximate surface area is 188 Å². The number of anilines is 2. The Balaban J connectivity index is 1.49. The molecule has 4 N–H and O–H groups in total. The molecule has 3 heterocycles. The molecule has 2 aromatic heterocycles. The number of halogens is 1. The van der Waals surface area contributed by atoms with Gasteiger partial charge in [-0.1, -0.05) is 0 Å². The molecule has 170 valence electrons. The van der Waals surface area contributed by atoms with Gasteiger partial charge in [-0.2, -0.15) is 16.3 Å². The number of amides is 1. The lowest BCUT2D eigenvalue weighted by Crippen LogP contribution is -2.49. The number of aromatic nitrogens is 2. The summed E-state index contributed by atoms with van der Waals surface area (Å²) in [5.41, 5.74) is 13.3. The predicted octanol–water partition coefficient (Wildman–Crippen LogP) is 2.17. The zero-order valence-electron chi connectivity index (χ0n) is 17.9. The largest absolute Gasteiger partial charge is 0.493 e. The highest BCUT2D eigenvalue weighted by molar-refractivity contribution is 7.08. The Kier molecular flexibility index (Phi) is 6.28. The van der Waals surface area contributed by atoms with E-state index < -0.39 is 5.82 Å². The quantitative estimate of drug-likeness (QED) is 0.574. The first-order valence-corrected chi connectivity index (χ1v) is 11.0. The van der Waals surface area contributed by atoms with Crippen LogP contribution in [0.3, 0.4) is 0 Å². The van der Waals surface area contributed by atoms with E-state index in [0.717, 1.165) is 5.56 Å². The normalized spacial score (nSPS) is 15.1. The summed E-state index contributed by atoms with van der Waals surface area (Å²) in [6.45, 7) is 1.98. The first-order chi connectivity index (χ1) is 15.4. The van der Waals surface area contributed by atoms with Crippen LogP contribution in [-0.2, 0) is 4.79 Å². The van der Waals surface area contributed by atoms with Crippen LogP contribution >= 0.6 is 11.3 Å². The fraction of sp³-hybridized carbons (Fsp3) is 0.381. The lowest BCUT2D eigenvalue weighted by atomic mass is 10.1. The predicted molar refractivity (Wildman–Crippen MR) is 122 cm³/mol. The Morgan fingerprint density at radius 3 is 2.62 bits per heavy atom. The fourth-order valence-corrected chi connectivity index (χ4v) is 4.48. The molecular formula is C21H25FN6O3S. The van der Waals surface area contributed by atoms with E-state index in [1.54, 1.807) is 22.3 Å². The number of carbonyl (C=O) groups excluding carboxylic acids is 1. The molecule has 3 aromatic rings. The Morgan fingerprint density at radius 2 is 2.00 bits per heavy atom. The van der Waals surface area contributed by atoms with Crippen LogP contribution in [0.4, 0.5) is 16.2 Å². The molecule has 11 heteroatoms. The molecule has 0 bridgehead atoms. The van der Waals surface area contributed by atoms with Gasteiger partial charge in [0.15, 0.2) is 17.3 Å². The lowest BCUT2D eigenvalue weighted by Gasteiger charge is -2.35. The number of nitrogens with two attached hydrogens (primary N) is 2. The molecule has 0 radical (unpaired) electrons. The van der Waals surface area contributed by atoms with E-state index in [1.807, 2.05) is 21.7 Å². The molecule has 9 nitrogen and oxygen atoms in total. The molecule has 1 unspecified atom stereocenters. The molecule has 4 rings (SSSR count). The van der Waals surface area contributed by atoms with Gasteiger partial charge >= 0.3 is 0 Å². The maximum Gasteiger partial charge on any atom is 0.228 e. The fourth-order valence-electron chi connectivity index (χ4n) is 3.76. The number of fused-ring (bicyclic) bond motifs is 1. The van der Waals surface area contributed by atoms with Crippen molar-refractivity contribution in [1.29, 1.82) is 0 Å². The van der Waals surface area contributed by atoms with Crippen molar-refractivity contribution >= 4 is 39.9 Å². The molecular weight excluding hydrogens is 435 g/mol. The Morgan fingerprint density at radius 1 is 1.25 bits per heavy atom. The van der Waals surface area contributed by atoms with Crippen molar-refractivity contribution in [2.45, 2.75) is 12.5 Å². The smallest absolute Gasteiger partial charge is 0.228 e. The van der Waals surface area contributed by atoms with Gasteiger partial charge in [0.25, 0.3) is 0 Å². The molecule has 0 spiro atoms. The molecule has 1 aliphatic heterocycles. The van der Waals surface area contributed by atoms with Gasteiger partial charge < -0.3 is 30.7 Å². The maximum atomic E-state index is 15.0. The van der Waals surface area contributed by atoms with Crippen molar-refractivity contribution in [3.05, 3.63) is 34.3 Å². The van der Waals surface area contributed by atoms with Crippen molar-refractivity contribution in [3.63, 3.8) is 0 Å². The van der Waals surface area contributed by atoms with E-state index in [1.165, 1.54) is 14.2 Å². The van der Waals surface area contributed by atoms with E-state index in [9.17, 15) is 4.79 Å². The number of rotatable bonds is 6. The summed E-state index contributed by atoms with van der Waals surface area (Å²) in [7, 11) is 2.78. The van der Waals surface area contributed by atoms with Crippen molar-refractivity contribution in [2.24, 2.45) is 5.73 Å². The van der Waals surface area contributed by atoms with Crippen LogP contribution in [0.1, 0.15) is 18.0 Å². The van der Waals surface area contributed by atoms with Gasteiger partial charge in [-0.15, -0.1) is 0 Å². The van der Waals surface area contributed by atoms with Gasteiger partial charge in [0, 0.05) is 44.0 Å². The van der Waals surface area contributed by atoms with Crippen LogP contribution in [0, 0.1) is 5.82 Å². The minimum atomic E-state index is -0.659. The SMILES string of the molecule is COc1cc2c(N)nc(N3CCN(C(=O)CC(N)c4ccsc4)CC3)nc2c(F)c1OC. The van der Waals surface area contributed by atoms with Crippen molar-refractivity contribution in [3.8, 4) is 11.5 Å². The second-order valence-electron chi connectivity index (χ2n) is 7.47. The zero-order valence-corrected chi connectivity index (χ0v) is 18.7. The Hall–Kier alpha value is -3.18. The molecule has 32 heavy (non-hydrogen) atoms. The van der Waals surface area contributed by atoms with E-state index in [0.29, 0.717) is 37.5 Å². The van der Waals surface area contributed by atoms with E-state index >= 15 is 4.39 Å². The number of methoxy groups -OCH3 is 2. The molecule has 0 saturated carbocycles. The summed E-state index contributed by atoms with van der Waals surface area (Å²) < 4.78 is 25.3. The standard InChI is InChI=1S/C21H25FN6O3S/c1-30-15-9-13-18(17(22)19(15)31-2)25-21(26-20(13)24)28-6-4-27(5-7-28)16(29)10-14(23)12-3-8-32-11-12/h3,8-9,11,14H,4-7,10,23H2,1-2H3,(H2,24,25,26). The maximum absolute atomic E-state index is 15.0. The minimum Gasteiger partial charge on any atom is -0.493 e. The second kappa shape index (κ2) is 9.13. The van der Waals surface area contributed by atoms with Crippen molar-refractivity contribution in [1.82, 2.24) is 14.9 Å². The molecule has 0 aliphatic carbocycles. The van der Waals surface area contributed by atoms with Crippen LogP contribution in [-0.4, -0.2) is 61.2 Å². The Bertz CT molecular complexity index is 1120. The number of nitrogen functional groups attached to an aromatic ring is 1. The van der Waals surface area contributed by atoms with Gasteiger partial charge in [-0.25, -0.2) is 9.37 Å². The van der Waals surface area contributed by atoms with Crippen molar-refractivity contribution < 1.29 is 18.7 Å². The molecule has 1 fully saturated rings. The highest BCUT2D eigenvalue weighted by Crippen LogP contribution is 2.37. The number of carbonyl (C=O) groups is 1. The third-order valence-electron chi connectivity index (χ3n) is 5.57. The number of hydrogen-bond acceptors (Lipinski definition) is 9. The van der Waals surface area contributed by atoms with Crippen LogP contribution in [0.15, 0.2) is 22.9 Å². The molecule has 1 atom stereocenters. The highest BCUT2D eigenvalue weighted by Gasteiger charge is 2.26. The number of benzene rings is 1. The minimum absolute atomic E-state index is 0.00479. The van der Waals surface area contributed by atoms with E-state index in [2.05, 4.69) is 9.97 Å². The first-order valence-electron chi connectivity index (χ1n) is 10.1. The second-order valence-corrected chi connectivity index (χ2v) is 8.25. The zero-order chi connectivity index (χ0) is 22.8. The lowest BCUT2D eigenvalue weighted by molar-refractivity contribution is -0.131. The molecule has 1 saturated heterocycles. The number of hydrogen-bond donors (Lipinski definition) is 2. The van der Waals surface area contributed by atoms with Crippen LogP contribution in [0.2, 0.25) is 0 Å². The summed E-state index contributed by atoms with van der Waals surface area (Å²) in [5.74, 6) is -0.0262. The average Bonchev–Trinajstić information content (AvgIpc) is 3.34. The van der Waals surface area contributed by atoms with Crippen LogP contribution < -0.4 is 25.8 Å². The third kappa shape index (κ3) is 4.13. The third-order valence-corrected chi connectivity index (χ3v) is 6.28. The number of nitrogens with zero attached hydrogens (tertiary/aromatic N) is 4. The average molecular weight is 461 g/mol. The van der Waals surface area contributed by atoms with Crippen LogP contribution in [0.25, 0.3) is 10.9 Å². The summed E-state index contributed by atoms with van der Waals surface area (Å²) in [5, 5.41) is 4.25. The first kappa shape index (κ1) is 22.0. The number of piperazine rings is 1. The van der Waals surface area contributed by atoms with Gasteiger partial charge in [0.1, 0.15) is 11.3 Å². The number of thiophene rings is 1. The molecule has 1 aromatic carbocycles. The monoisotopic (exact) mass is 460 g/mol. The summed E-state index contributed by atoms with van der Waals surface area (Å²) >= 11 is 1.56. The molecule has 1 amide bonds. The van der Waals surface area contributed by atoms with Gasteiger partial charge in [-0.3, -0.25) is 4.79 Å². The summed E-state index contributed by atoms with van der Waals surface area (Å²) in [4.78, 5) is 25.1. The van der Waals surface area contributed by atoms with Gasteiger partial charge in [0.05, 0.1) is 14.2 Å². The summed E-state index contributed by atoms with van der Waals surface area (Å²) in [6.07, 6.45) is 0.253. The van der Waals surface area contributed by atoms with E-state index in [-0.39, 0.29) is 41.2 Å². The van der Waals surface area contributed by atoms with Gasteiger partial charge in [0.2, 0.25) is 11.9 Å². The van der Waals surface area contributed by atoms with Crippen LogP contribution in [0.5, 0.6) is 11.5 Å². The van der Waals surface area contributed by atoms with E-state index in [4.69, 9.17) is 20.9 Å². The van der Waals surface area contributed by atoms with Crippen molar-refractivity contribution in [2.75, 3.05) is 51.0 Å². The summed E-state index contributed by atoms with van der Waals surface area (Å²) in [6, 6.07) is 3.18. The topological polar surface area (TPSA) is 120 Å².